The van der Waals surface area contributed by atoms with Crippen LogP contribution in [-0.2, 0) is 10.0 Å². The molecule has 0 aliphatic carbocycles. The van der Waals surface area contributed by atoms with Gasteiger partial charge in [-0.25, -0.2) is 8.42 Å². The molecule has 0 aromatic heterocycles. The number of para-hydroxylation sites is 1. The number of benzene rings is 3. The van der Waals surface area contributed by atoms with Crippen molar-refractivity contribution < 1.29 is 17.9 Å². The maximum Gasteiger partial charge on any atom is 0.264 e. The second kappa shape index (κ2) is 10.1. The molecule has 0 fully saturated rings. The third kappa shape index (κ3) is 5.64. The number of hydrogen-bond donors (Lipinski definition) is 1. The lowest BCUT2D eigenvalue weighted by atomic mass is 10.2. The molecule has 1 atom stereocenters. The first-order valence-electron chi connectivity index (χ1n) is 10.1. The Morgan fingerprint density at radius 2 is 1.52 bits per heavy atom. The molecule has 0 bridgehead atoms. The molecule has 0 heterocycles. The summed E-state index contributed by atoms with van der Waals surface area (Å²) in [5.41, 5.74) is 0.951. The van der Waals surface area contributed by atoms with Crippen LogP contribution in [0.1, 0.15) is 24.2 Å². The first-order chi connectivity index (χ1) is 14.9. The molecular weight excluding hydrogens is 412 g/mol. The van der Waals surface area contributed by atoms with Crippen molar-refractivity contribution in [3.05, 3.63) is 90.5 Å². The summed E-state index contributed by atoms with van der Waals surface area (Å²) in [6.45, 7) is 4.25. The van der Waals surface area contributed by atoms with E-state index in [0.29, 0.717) is 17.9 Å². The van der Waals surface area contributed by atoms with Gasteiger partial charge in [-0.05, 0) is 62.4 Å². The molecule has 0 radical (unpaired) electrons. The largest absolute Gasteiger partial charge is 0.491 e. The molecular formula is C24H26N2O4S. The fourth-order valence-electron chi connectivity index (χ4n) is 3.08. The van der Waals surface area contributed by atoms with Crippen molar-refractivity contribution in [2.75, 3.05) is 17.5 Å². The van der Waals surface area contributed by atoms with Gasteiger partial charge < -0.3 is 10.1 Å². The quantitative estimate of drug-likeness (QED) is 0.546. The summed E-state index contributed by atoms with van der Waals surface area (Å²) in [5, 5.41) is 2.89. The summed E-state index contributed by atoms with van der Waals surface area (Å²) >= 11 is 0. The van der Waals surface area contributed by atoms with Crippen molar-refractivity contribution in [3.8, 4) is 5.75 Å². The van der Waals surface area contributed by atoms with Gasteiger partial charge in [0.1, 0.15) is 12.4 Å². The molecule has 3 aromatic carbocycles. The van der Waals surface area contributed by atoms with Crippen molar-refractivity contribution >= 4 is 21.6 Å². The first-order valence-corrected chi connectivity index (χ1v) is 11.5. The van der Waals surface area contributed by atoms with E-state index in [1.165, 1.54) is 4.31 Å². The maximum atomic E-state index is 12.9. The number of anilines is 1. The lowest BCUT2D eigenvalue weighted by Gasteiger charge is -2.23. The Hall–Kier alpha value is -3.32. The molecule has 1 N–H and O–H groups in total. The number of sulfonamides is 1. The second-order valence-electron chi connectivity index (χ2n) is 7.03. The summed E-state index contributed by atoms with van der Waals surface area (Å²) in [4.78, 5) is 12.8. The van der Waals surface area contributed by atoms with Gasteiger partial charge in [-0.3, -0.25) is 9.10 Å². The predicted octanol–water partition coefficient (Wildman–Crippen LogP) is 4.10. The standard InChI is InChI=1S/C24H26N2O4S/c1-3-26(31(28,29)23-12-8-5-9-13-23)21-16-14-20(15-17-21)24(27)25-19(2)18-30-22-10-6-4-7-11-22/h4-17,19H,3,18H2,1-2H3,(H,25,27)/t19-/m1/s1. The van der Waals surface area contributed by atoms with E-state index in [2.05, 4.69) is 5.32 Å². The Kier molecular flexibility index (Phi) is 7.31. The Labute approximate surface area is 183 Å². The van der Waals surface area contributed by atoms with Gasteiger partial charge in [0, 0.05) is 12.1 Å². The average molecular weight is 439 g/mol. The third-order valence-electron chi connectivity index (χ3n) is 4.66. The van der Waals surface area contributed by atoms with E-state index in [-0.39, 0.29) is 23.4 Å². The van der Waals surface area contributed by atoms with Crippen molar-refractivity contribution in [2.24, 2.45) is 0 Å². The molecule has 0 saturated heterocycles. The molecule has 7 heteroatoms. The van der Waals surface area contributed by atoms with E-state index in [9.17, 15) is 13.2 Å². The zero-order valence-electron chi connectivity index (χ0n) is 17.6. The van der Waals surface area contributed by atoms with Gasteiger partial charge in [0.25, 0.3) is 15.9 Å². The smallest absolute Gasteiger partial charge is 0.264 e. The summed E-state index contributed by atoms with van der Waals surface area (Å²) in [6, 6.07) is 24.0. The first kappa shape index (κ1) is 22.4. The van der Waals surface area contributed by atoms with Crippen LogP contribution in [0.2, 0.25) is 0 Å². The number of carbonyl (C=O) groups excluding carboxylic acids is 1. The Morgan fingerprint density at radius 3 is 2.10 bits per heavy atom. The molecule has 0 saturated carbocycles. The molecule has 0 aliphatic rings. The molecule has 0 spiro atoms. The summed E-state index contributed by atoms with van der Waals surface area (Å²) in [7, 11) is -3.67. The van der Waals surface area contributed by atoms with E-state index in [1.54, 1.807) is 61.5 Å². The van der Waals surface area contributed by atoms with Gasteiger partial charge in [0.2, 0.25) is 0 Å². The third-order valence-corrected chi connectivity index (χ3v) is 6.57. The van der Waals surface area contributed by atoms with Crippen LogP contribution in [0.3, 0.4) is 0 Å². The fourth-order valence-corrected chi connectivity index (χ4v) is 4.57. The highest BCUT2D eigenvalue weighted by atomic mass is 32.2. The van der Waals surface area contributed by atoms with Crippen LogP contribution in [0.5, 0.6) is 5.75 Å². The minimum atomic E-state index is -3.67. The monoisotopic (exact) mass is 438 g/mol. The van der Waals surface area contributed by atoms with Crippen LogP contribution < -0.4 is 14.4 Å². The predicted molar refractivity (Wildman–Crippen MR) is 122 cm³/mol. The zero-order chi connectivity index (χ0) is 22.3. The Morgan fingerprint density at radius 1 is 0.935 bits per heavy atom. The average Bonchev–Trinajstić information content (AvgIpc) is 2.80. The topological polar surface area (TPSA) is 75.7 Å². The number of carbonyl (C=O) groups is 1. The Balaban J connectivity index is 1.65. The molecule has 31 heavy (non-hydrogen) atoms. The zero-order valence-corrected chi connectivity index (χ0v) is 18.4. The van der Waals surface area contributed by atoms with Gasteiger partial charge in [-0.2, -0.15) is 0 Å². The van der Waals surface area contributed by atoms with Gasteiger partial charge in [-0.15, -0.1) is 0 Å². The van der Waals surface area contributed by atoms with Crippen LogP contribution in [0.4, 0.5) is 5.69 Å². The molecule has 162 valence electrons. The molecule has 0 aliphatic heterocycles. The minimum Gasteiger partial charge on any atom is -0.491 e. The van der Waals surface area contributed by atoms with Crippen molar-refractivity contribution in [1.29, 1.82) is 0 Å². The van der Waals surface area contributed by atoms with E-state index in [0.717, 1.165) is 5.75 Å². The number of ether oxygens (including phenoxy) is 1. The van der Waals surface area contributed by atoms with Crippen molar-refractivity contribution in [2.45, 2.75) is 24.8 Å². The fraction of sp³-hybridized carbons (Fsp3) is 0.208. The summed E-state index contributed by atoms with van der Waals surface area (Å²) in [5.74, 6) is 0.497. The van der Waals surface area contributed by atoms with Gasteiger partial charge in [-0.1, -0.05) is 36.4 Å². The van der Waals surface area contributed by atoms with E-state index >= 15 is 0 Å². The number of hydrogen-bond acceptors (Lipinski definition) is 4. The lowest BCUT2D eigenvalue weighted by Crippen LogP contribution is -2.36. The van der Waals surface area contributed by atoms with Crippen LogP contribution in [0, 0.1) is 0 Å². The van der Waals surface area contributed by atoms with Gasteiger partial charge >= 0.3 is 0 Å². The van der Waals surface area contributed by atoms with E-state index < -0.39 is 10.0 Å². The number of rotatable bonds is 9. The van der Waals surface area contributed by atoms with Gasteiger partial charge in [0.15, 0.2) is 0 Å². The van der Waals surface area contributed by atoms with E-state index in [1.807, 2.05) is 37.3 Å². The highest BCUT2D eigenvalue weighted by Crippen LogP contribution is 2.23. The van der Waals surface area contributed by atoms with Crippen LogP contribution >= 0.6 is 0 Å². The number of amides is 1. The molecule has 3 aromatic rings. The summed E-state index contributed by atoms with van der Waals surface area (Å²) < 4.78 is 32.9. The Bertz CT molecular complexity index is 1090. The lowest BCUT2D eigenvalue weighted by molar-refractivity contribution is 0.0926. The highest BCUT2D eigenvalue weighted by molar-refractivity contribution is 7.92. The van der Waals surface area contributed by atoms with Crippen LogP contribution in [0.15, 0.2) is 89.8 Å². The van der Waals surface area contributed by atoms with Crippen molar-refractivity contribution in [3.63, 3.8) is 0 Å². The summed E-state index contributed by atoms with van der Waals surface area (Å²) in [6.07, 6.45) is 0. The SMILES string of the molecule is CCN(c1ccc(C(=O)N[C@H](C)COc2ccccc2)cc1)S(=O)(=O)c1ccccc1. The minimum absolute atomic E-state index is 0.196. The molecule has 1 amide bonds. The van der Waals surface area contributed by atoms with E-state index in [4.69, 9.17) is 4.74 Å². The molecule has 6 nitrogen and oxygen atoms in total. The second-order valence-corrected chi connectivity index (χ2v) is 8.89. The number of nitrogens with zero attached hydrogens (tertiary/aromatic N) is 1. The molecule has 3 rings (SSSR count). The van der Waals surface area contributed by atoms with Gasteiger partial charge in [0.05, 0.1) is 16.6 Å². The maximum absolute atomic E-state index is 12.9. The van der Waals surface area contributed by atoms with Crippen molar-refractivity contribution in [1.82, 2.24) is 5.32 Å². The van der Waals surface area contributed by atoms with Crippen LogP contribution in [-0.4, -0.2) is 33.5 Å². The van der Waals surface area contributed by atoms with Crippen LogP contribution in [0.25, 0.3) is 0 Å². The highest BCUT2D eigenvalue weighted by Gasteiger charge is 2.23. The number of nitrogens with one attached hydrogen (secondary N) is 1. The molecule has 0 unspecified atom stereocenters. The normalized spacial score (nSPS) is 12.1.